The molecule has 0 spiro atoms. The molecular weight excluding hydrogens is 392 g/mol. The van der Waals surface area contributed by atoms with E-state index < -0.39 is 0 Å². The van der Waals surface area contributed by atoms with Gasteiger partial charge in [0.1, 0.15) is 5.75 Å². The van der Waals surface area contributed by atoms with Crippen molar-refractivity contribution in [2.24, 2.45) is 0 Å². The van der Waals surface area contributed by atoms with Gasteiger partial charge in [-0.1, -0.05) is 34.7 Å². The maximum absolute atomic E-state index is 12.2. The second-order valence-corrected chi connectivity index (χ2v) is 7.82. The highest BCUT2D eigenvalue weighted by Gasteiger charge is 2.11. The van der Waals surface area contributed by atoms with E-state index in [0.717, 1.165) is 27.0 Å². The molecule has 4 aromatic rings. The van der Waals surface area contributed by atoms with Gasteiger partial charge < -0.3 is 15.0 Å². The van der Waals surface area contributed by atoms with Crippen molar-refractivity contribution in [2.75, 3.05) is 18.2 Å². The number of nitrogens with zero attached hydrogens (tertiary/aromatic N) is 2. The quantitative estimate of drug-likeness (QED) is 0.476. The summed E-state index contributed by atoms with van der Waals surface area (Å²) in [5.41, 5.74) is 2.46. The summed E-state index contributed by atoms with van der Waals surface area (Å²) in [4.78, 5) is 24.2. The van der Waals surface area contributed by atoms with Gasteiger partial charge in [0.15, 0.2) is 10.3 Å². The summed E-state index contributed by atoms with van der Waals surface area (Å²) < 4.78 is 6.18. The van der Waals surface area contributed by atoms with Gasteiger partial charge in [0.2, 0.25) is 5.91 Å². The molecule has 1 amide bonds. The first-order chi connectivity index (χ1) is 12.6. The number of halogens is 1. The number of benzene rings is 2. The third kappa shape index (κ3) is 3.62. The lowest BCUT2D eigenvalue weighted by molar-refractivity contribution is -0.113. The van der Waals surface area contributed by atoms with Gasteiger partial charge in [-0.15, -0.1) is 0 Å². The minimum absolute atomic E-state index is 0.139. The Morgan fingerprint density at radius 3 is 3.00 bits per heavy atom. The summed E-state index contributed by atoms with van der Waals surface area (Å²) in [5.74, 6) is 0.827. The topological polar surface area (TPSA) is 79.9 Å². The van der Waals surface area contributed by atoms with E-state index in [4.69, 9.17) is 16.3 Å². The van der Waals surface area contributed by atoms with E-state index in [0.29, 0.717) is 15.3 Å². The summed E-state index contributed by atoms with van der Waals surface area (Å²) in [6.07, 6.45) is 0. The van der Waals surface area contributed by atoms with Crippen LogP contribution in [0.2, 0.25) is 5.02 Å². The summed E-state index contributed by atoms with van der Waals surface area (Å²) in [5, 5.41) is 4.71. The van der Waals surface area contributed by atoms with Gasteiger partial charge in [0.05, 0.1) is 34.1 Å². The maximum atomic E-state index is 12.2. The Bertz CT molecular complexity index is 1110. The molecule has 2 aromatic carbocycles. The zero-order chi connectivity index (χ0) is 18.1. The molecule has 0 aliphatic carbocycles. The van der Waals surface area contributed by atoms with Crippen LogP contribution in [0.3, 0.4) is 0 Å². The molecule has 0 radical (unpaired) electrons. The number of hydrogen-bond donors (Lipinski definition) is 2. The van der Waals surface area contributed by atoms with Crippen LogP contribution in [-0.2, 0) is 4.79 Å². The molecule has 0 saturated heterocycles. The molecule has 2 aromatic heterocycles. The monoisotopic (exact) mass is 404 g/mol. The fourth-order valence-corrected chi connectivity index (χ4v) is 4.12. The number of carbonyl (C=O) groups excluding carboxylic acids is 1. The van der Waals surface area contributed by atoms with E-state index in [1.165, 1.54) is 23.1 Å². The number of rotatable bonds is 5. The summed E-state index contributed by atoms with van der Waals surface area (Å²) >= 11 is 8.72. The zero-order valence-electron chi connectivity index (χ0n) is 13.6. The fraction of sp³-hybridized carbons (Fsp3) is 0.118. The highest BCUT2D eigenvalue weighted by Crippen LogP contribution is 2.29. The van der Waals surface area contributed by atoms with Crippen LogP contribution < -0.4 is 10.1 Å². The van der Waals surface area contributed by atoms with Crippen LogP contribution in [0.5, 0.6) is 5.75 Å². The number of methoxy groups -OCH3 is 1. The number of aromatic amines is 1. The van der Waals surface area contributed by atoms with Crippen LogP contribution in [0.1, 0.15) is 0 Å². The largest absolute Gasteiger partial charge is 0.497 e. The number of fused-ring (bicyclic) bond motifs is 2. The molecule has 0 fully saturated rings. The van der Waals surface area contributed by atoms with Gasteiger partial charge in [-0.2, -0.15) is 0 Å². The zero-order valence-corrected chi connectivity index (χ0v) is 16.0. The van der Waals surface area contributed by atoms with E-state index in [-0.39, 0.29) is 11.7 Å². The molecule has 2 N–H and O–H groups in total. The molecule has 0 unspecified atom stereocenters. The predicted molar refractivity (Wildman–Crippen MR) is 107 cm³/mol. The Hall–Kier alpha value is -2.29. The molecule has 0 aliphatic rings. The summed E-state index contributed by atoms with van der Waals surface area (Å²) in [6, 6.07) is 11.1. The van der Waals surface area contributed by atoms with Gasteiger partial charge >= 0.3 is 0 Å². The number of imidazole rings is 1. The third-order valence-corrected chi connectivity index (χ3v) is 5.66. The SMILES string of the molecule is COc1ccc2sc(NC(=O)CSc3nc4ccc(Cl)cc4[nH]3)nc2c1. The Morgan fingerprint density at radius 2 is 2.15 bits per heavy atom. The van der Waals surface area contributed by atoms with E-state index in [1.807, 2.05) is 30.3 Å². The third-order valence-electron chi connectivity index (χ3n) is 3.60. The standard InChI is InChI=1S/C17H13ClN4O2S2/c1-24-10-3-5-14-13(7-10)21-17(26-14)22-15(23)8-25-16-19-11-4-2-9(18)6-12(11)20-16/h2-7H,8H2,1H3,(H,19,20)(H,21,22,23). The van der Waals surface area contributed by atoms with Crippen LogP contribution in [0.4, 0.5) is 5.13 Å². The van der Waals surface area contributed by atoms with Crippen LogP contribution in [0, 0.1) is 0 Å². The summed E-state index contributed by atoms with van der Waals surface area (Å²) in [7, 11) is 1.61. The van der Waals surface area contributed by atoms with Crippen molar-refractivity contribution in [1.29, 1.82) is 0 Å². The van der Waals surface area contributed by atoms with E-state index >= 15 is 0 Å². The maximum Gasteiger partial charge on any atom is 0.236 e. The van der Waals surface area contributed by atoms with E-state index in [2.05, 4.69) is 20.3 Å². The number of anilines is 1. The van der Waals surface area contributed by atoms with Crippen LogP contribution in [0.15, 0.2) is 41.6 Å². The van der Waals surface area contributed by atoms with Crippen LogP contribution >= 0.6 is 34.7 Å². The van der Waals surface area contributed by atoms with E-state index in [1.54, 1.807) is 13.2 Å². The number of thioether (sulfide) groups is 1. The highest BCUT2D eigenvalue weighted by molar-refractivity contribution is 7.99. The average Bonchev–Trinajstić information content (AvgIpc) is 3.21. The van der Waals surface area contributed by atoms with Crippen molar-refractivity contribution in [3.63, 3.8) is 0 Å². The lowest BCUT2D eigenvalue weighted by atomic mass is 10.3. The van der Waals surface area contributed by atoms with E-state index in [9.17, 15) is 4.79 Å². The average molecular weight is 405 g/mol. The first-order valence-electron chi connectivity index (χ1n) is 7.63. The lowest BCUT2D eigenvalue weighted by Gasteiger charge is -1.99. The highest BCUT2D eigenvalue weighted by atomic mass is 35.5. The lowest BCUT2D eigenvalue weighted by Crippen LogP contribution is -2.13. The number of nitrogens with one attached hydrogen (secondary N) is 2. The van der Waals surface area contributed by atoms with Gasteiger partial charge in [-0.25, -0.2) is 9.97 Å². The molecule has 132 valence electrons. The van der Waals surface area contributed by atoms with Gasteiger partial charge in [0, 0.05) is 11.1 Å². The molecule has 9 heteroatoms. The first-order valence-corrected chi connectivity index (χ1v) is 9.81. The number of carbonyl (C=O) groups is 1. The molecule has 4 rings (SSSR count). The minimum Gasteiger partial charge on any atom is -0.497 e. The van der Waals surface area contributed by atoms with Crippen LogP contribution in [-0.4, -0.2) is 33.7 Å². The van der Waals surface area contributed by atoms with Gasteiger partial charge in [-0.05, 0) is 30.3 Å². The number of H-pyrrole nitrogens is 1. The van der Waals surface area contributed by atoms with Crippen molar-refractivity contribution < 1.29 is 9.53 Å². The fourth-order valence-electron chi connectivity index (χ4n) is 2.40. The Kier molecular flexibility index (Phi) is 4.71. The first kappa shape index (κ1) is 17.1. The number of thiazole rings is 1. The minimum atomic E-state index is -0.139. The number of aromatic nitrogens is 3. The van der Waals surface area contributed by atoms with Crippen molar-refractivity contribution in [3.8, 4) is 5.75 Å². The molecule has 2 heterocycles. The predicted octanol–water partition coefficient (Wildman–Crippen LogP) is 4.57. The molecule has 0 saturated carbocycles. The van der Waals surface area contributed by atoms with Crippen molar-refractivity contribution in [3.05, 3.63) is 41.4 Å². The number of ether oxygens (including phenoxy) is 1. The molecule has 0 atom stereocenters. The Labute approximate surface area is 161 Å². The molecule has 0 bridgehead atoms. The Balaban J connectivity index is 1.41. The van der Waals surface area contributed by atoms with Crippen LogP contribution in [0.25, 0.3) is 21.3 Å². The van der Waals surface area contributed by atoms with Gasteiger partial charge in [0.25, 0.3) is 0 Å². The van der Waals surface area contributed by atoms with Crippen molar-refractivity contribution >= 4 is 67.0 Å². The molecule has 0 aliphatic heterocycles. The van der Waals surface area contributed by atoms with Crippen molar-refractivity contribution in [2.45, 2.75) is 5.16 Å². The van der Waals surface area contributed by atoms with Crippen molar-refractivity contribution in [1.82, 2.24) is 15.0 Å². The number of amides is 1. The normalized spacial score (nSPS) is 11.2. The number of hydrogen-bond acceptors (Lipinski definition) is 6. The second kappa shape index (κ2) is 7.14. The van der Waals surface area contributed by atoms with Gasteiger partial charge in [-0.3, -0.25) is 4.79 Å². The second-order valence-electron chi connectivity index (χ2n) is 5.39. The summed E-state index contributed by atoms with van der Waals surface area (Å²) in [6.45, 7) is 0. The molecular formula is C17H13ClN4O2S2. The Morgan fingerprint density at radius 1 is 1.27 bits per heavy atom. The molecule has 26 heavy (non-hydrogen) atoms. The molecule has 6 nitrogen and oxygen atoms in total. The smallest absolute Gasteiger partial charge is 0.236 e.